The molecule has 0 bridgehead atoms. The Bertz CT molecular complexity index is 748. The minimum atomic E-state index is 0.520. The Balaban J connectivity index is 2.08. The Morgan fingerprint density at radius 1 is 1.30 bits per heavy atom. The molecule has 0 saturated heterocycles. The summed E-state index contributed by atoms with van der Waals surface area (Å²) >= 11 is 11.9. The van der Waals surface area contributed by atoms with Gasteiger partial charge in [0.25, 0.3) is 0 Å². The molecular formula is C14H13Cl2N3O. The Kier molecular flexibility index (Phi) is 3.68. The molecule has 0 atom stereocenters. The van der Waals surface area contributed by atoms with Crippen molar-refractivity contribution in [2.45, 2.75) is 19.9 Å². The fourth-order valence-electron chi connectivity index (χ4n) is 2.25. The third kappa shape index (κ3) is 2.53. The number of hydrogen-bond acceptors (Lipinski definition) is 3. The summed E-state index contributed by atoms with van der Waals surface area (Å²) in [5.74, 6) is 2.24. The molecule has 0 amide bonds. The van der Waals surface area contributed by atoms with Crippen molar-refractivity contribution in [2.24, 2.45) is 0 Å². The van der Waals surface area contributed by atoms with Gasteiger partial charge in [-0.2, -0.15) is 0 Å². The maximum atomic E-state index is 6.02. The number of benzene rings is 1. The van der Waals surface area contributed by atoms with E-state index in [2.05, 4.69) is 14.7 Å². The van der Waals surface area contributed by atoms with Gasteiger partial charge in [-0.25, -0.2) is 4.98 Å². The first-order chi connectivity index (χ1) is 9.67. The SMILES string of the molecule is Cc1cc(Cn2c(CCCl)nc3cc(Cl)ccc32)on1. The van der Waals surface area contributed by atoms with Gasteiger partial charge in [-0.1, -0.05) is 16.8 Å². The van der Waals surface area contributed by atoms with Crippen molar-refractivity contribution in [3.63, 3.8) is 0 Å². The predicted molar refractivity (Wildman–Crippen MR) is 79.5 cm³/mol. The lowest BCUT2D eigenvalue weighted by Crippen LogP contribution is -2.05. The number of aromatic nitrogens is 3. The Labute approximate surface area is 126 Å². The molecule has 6 heteroatoms. The van der Waals surface area contributed by atoms with Gasteiger partial charge in [-0.3, -0.25) is 0 Å². The number of fused-ring (bicyclic) bond motifs is 1. The molecule has 0 aliphatic rings. The van der Waals surface area contributed by atoms with Crippen molar-refractivity contribution in [1.29, 1.82) is 0 Å². The molecule has 3 rings (SSSR count). The van der Waals surface area contributed by atoms with Crippen LogP contribution in [0.5, 0.6) is 0 Å². The number of rotatable bonds is 4. The second kappa shape index (κ2) is 5.46. The van der Waals surface area contributed by atoms with E-state index in [1.807, 2.05) is 31.2 Å². The number of hydrogen-bond donors (Lipinski definition) is 0. The average Bonchev–Trinajstić information content (AvgIpc) is 2.95. The zero-order valence-electron chi connectivity index (χ0n) is 10.9. The third-order valence-corrected chi connectivity index (χ3v) is 3.52. The Hall–Kier alpha value is -1.52. The summed E-state index contributed by atoms with van der Waals surface area (Å²) in [5, 5.41) is 4.59. The van der Waals surface area contributed by atoms with E-state index < -0.39 is 0 Å². The van der Waals surface area contributed by atoms with Gasteiger partial charge in [0.1, 0.15) is 5.82 Å². The molecular weight excluding hydrogens is 297 g/mol. The molecule has 2 aromatic heterocycles. The van der Waals surface area contributed by atoms with Gasteiger partial charge in [0.2, 0.25) is 0 Å². The van der Waals surface area contributed by atoms with Crippen LogP contribution in [0.25, 0.3) is 11.0 Å². The molecule has 0 aliphatic carbocycles. The van der Waals surface area contributed by atoms with E-state index >= 15 is 0 Å². The summed E-state index contributed by atoms with van der Waals surface area (Å²) in [5.41, 5.74) is 2.75. The summed E-state index contributed by atoms with van der Waals surface area (Å²) in [6.07, 6.45) is 0.695. The third-order valence-electron chi connectivity index (χ3n) is 3.10. The maximum Gasteiger partial charge on any atom is 0.156 e. The van der Waals surface area contributed by atoms with Crippen LogP contribution in [-0.4, -0.2) is 20.6 Å². The van der Waals surface area contributed by atoms with Crippen LogP contribution in [-0.2, 0) is 13.0 Å². The predicted octanol–water partition coefficient (Wildman–Crippen LogP) is 3.82. The molecule has 4 nitrogen and oxygen atoms in total. The highest BCUT2D eigenvalue weighted by Crippen LogP contribution is 2.22. The van der Waals surface area contributed by atoms with Crippen LogP contribution in [0.2, 0.25) is 5.02 Å². The first-order valence-corrected chi connectivity index (χ1v) is 7.21. The number of alkyl halides is 1. The van der Waals surface area contributed by atoms with E-state index in [1.165, 1.54) is 0 Å². The zero-order valence-corrected chi connectivity index (χ0v) is 12.4. The van der Waals surface area contributed by atoms with Crippen LogP contribution in [0.3, 0.4) is 0 Å². The van der Waals surface area contributed by atoms with Crippen LogP contribution >= 0.6 is 23.2 Å². The van der Waals surface area contributed by atoms with Crippen molar-refractivity contribution >= 4 is 34.2 Å². The van der Waals surface area contributed by atoms with Gasteiger partial charge in [0.05, 0.1) is 23.3 Å². The number of halogens is 2. The molecule has 0 saturated carbocycles. The van der Waals surface area contributed by atoms with E-state index in [-0.39, 0.29) is 0 Å². The monoisotopic (exact) mass is 309 g/mol. The van der Waals surface area contributed by atoms with Crippen molar-refractivity contribution in [3.8, 4) is 0 Å². The molecule has 20 heavy (non-hydrogen) atoms. The summed E-state index contributed by atoms with van der Waals surface area (Å²) in [6, 6.07) is 7.60. The molecule has 0 radical (unpaired) electrons. The van der Waals surface area contributed by atoms with Crippen molar-refractivity contribution < 1.29 is 4.52 Å². The molecule has 0 N–H and O–H groups in total. The van der Waals surface area contributed by atoms with Crippen molar-refractivity contribution in [1.82, 2.24) is 14.7 Å². The normalized spacial score (nSPS) is 11.3. The fourth-order valence-corrected chi connectivity index (χ4v) is 2.59. The molecule has 0 aliphatic heterocycles. The first kappa shape index (κ1) is 13.5. The van der Waals surface area contributed by atoms with E-state index in [0.29, 0.717) is 23.9 Å². The van der Waals surface area contributed by atoms with Gasteiger partial charge >= 0.3 is 0 Å². The number of aryl methyl sites for hydroxylation is 2. The quantitative estimate of drug-likeness (QED) is 0.688. The summed E-state index contributed by atoms with van der Waals surface area (Å²) < 4.78 is 7.38. The highest BCUT2D eigenvalue weighted by Gasteiger charge is 2.13. The lowest BCUT2D eigenvalue weighted by molar-refractivity contribution is 0.373. The maximum absolute atomic E-state index is 6.02. The van der Waals surface area contributed by atoms with Crippen LogP contribution in [0.4, 0.5) is 0 Å². The fraction of sp³-hybridized carbons (Fsp3) is 0.286. The highest BCUT2D eigenvalue weighted by molar-refractivity contribution is 6.31. The molecule has 0 spiro atoms. The minimum absolute atomic E-state index is 0.520. The van der Waals surface area contributed by atoms with Gasteiger partial charge in [0, 0.05) is 23.4 Å². The van der Waals surface area contributed by atoms with E-state index in [9.17, 15) is 0 Å². The lowest BCUT2D eigenvalue weighted by atomic mass is 10.3. The van der Waals surface area contributed by atoms with Gasteiger partial charge in [-0.05, 0) is 25.1 Å². The molecule has 3 aromatic rings. The summed E-state index contributed by atoms with van der Waals surface area (Å²) in [4.78, 5) is 4.60. The summed E-state index contributed by atoms with van der Waals surface area (Å²) in [6.45, 7) is 2.49. The largest absolute Gasteiger partial charge is 0.359 e. The molecule has 0 unspecified atom stereocenters. The molecule has 104 valence electrons. The Morgan fingerprint density at radius 3 is 2.85 bits per heavy atom. The van der Waals surface area contributed by atoms with Gasteiger partial charge in [-0.15, -0.1) is 11.6 Å². The second-order valence-electron chi connectivity index (χ2n) is 4.62. The van der Waals surface area contributed by atoms with Crippen LogP contribution in [0, 0.1) is 6.92 Å². The van der Waals surface area contributed by atoms with E-state index in [0.717, 1.165) is 28.3 Å². The standard InChI is InChI=1S/C14H13Cl2N3O/c1-9-6-11(20-18-9)8-19-13-3-2-10(16)7-12(13)17-14(19)4-5-15/h2-3,6-7H,4-5,8H2,1H3. The first-order valence-electron chi connectivity index (χ1n) is 6.30. The summed E-state index contributed by atoms with van der Waals surface area (Å²) in [7, 11) is 0. The Morgan fingerprint density at radius 2 is 2.15 bits per heavy atom. The van der Waals surface area contributed by atoms with Gasteiger partial charge in [0.15, 0.2) is 5.76 Å². The smallest absolute Gasteiger partial charge is 0.156 e. The average molecular weight is 310 g/mol. The van der Waals surface area contributed by atoms with Gasteiger partial charge < -0.3 is 9.09 Å². The van der Waals surface area contributed by atoms with E-state index in [4.69, 9.17) is 27.7 Å². The van der Waals surface area contributed by atoms with E-state index in [1.54, 1.807) is 0 Å². The lowest BCUT2D eigenvalue weighted by Gasteiger charge is -2.05. The van der Waals surface area contributed by atoms with Crippen molar-refractivity contribution in [2.75, 3.05) is 5.88 Å². The van der Waals surface area contributed by atoms with Crippen LogP contribution < -0.4 is 0 Å². The topological polar surface area (TPSA) is 43.9 Å². The van der Waals surface area contributed by atoms with Crippen molar-refractivity contribution in [3.05, 3.63) is 46.6 Å². The minimum Gasteiger partial charge on any atom is -0.359 e. The van der Waals surface area contributed by atoms with Crippen LogP contribution in [0.1, 0.15) is 17.3 Å². The molecule has 1 aromatic carbocycles. The zero-order chi connectivity index (χ0) is 14.1. The highest BCUT2D eigenvalue weighted by atomic mass is 35.5. The second-order valence-corrected chi connectivity index (χ2v) is 5.44. The van der Waals surface area contributed by atoms with Crippen LogP contribution in [0.15, 0.2) is 28.8 Å². The number of nitrogens with zero attached hydrogens (tertiary/aromatic N) is 3. The number of imidazole rings is 1. The molecule has 2 heterocycles. The molecule has 0 fully saturated rings.